The molecule has 0 bridgehead atoms. The predicted octanol–water partition coefficient (Wildman–Crippen LogP) is 2.67. The molecule has 0 aromatic heterocycles. The van der Waals surface area contributed by atoms with Crippen LogP contribution in [0.15, 0.2) is 47.4 Å². The van der Waals surface area contributed by atoms with Crippen LogP contribution in [0.3, 0.4) is 0 Å². The number of nitro benzene ring substituents is 1. The van der Waals surface area contributed by atoms with Crippen molar-refractivity contribution in [3.05, 3.63) is 64.2 Å². The monoisotopic (exact) mass is 314 g/mol. The number of nitrogens with zero attached hydrogens (tertiary/aromatic N) is 1. The molecular formula is C12H8F2N2O4S. The lowest BCUT2D eigenvalue weighted by atomic mass is 10.3. The van der Waals surface area contributed by atoms with Crippen molar-refractivity contribution in [1.82, 2.24) is 0 Å². The smallest absolute Gasteiger partial charge is 0.274 e. The fourth-order valence-corrected chi connectivity index (χ4v) is 2.73. The van der Waals surface area contributed by atoms with Crippen molar-refractivity contribution >= 4 is 21.4 Å². The molecule has 0 radical (unpaired) electrons. The van der Waals surface area contributed by atoms with Gasteiger partial charge in [-0.3, -0.25) is 14.8 Å². The fraction of sp³-hybridized carbons (Fsp3) is 0. The molecule has 0 fully saturated rings. The molecule has 0 aliphatic heterocycles. The number of benzene rings is 2. The van der Waals surface area contributed by atoms with Gasteiger partial charge in [-0.15, -0.1) is 0 Å². The number of hydrogen-bond donors (Lipinski definition) is 1. The summed E-state index contributed by atoms with van der Waals surface area (Å²) >= 11 is 0. The van der Waals surface area contributed by atoms with Crippen LogP contribution < -0.4 is 4.72 Å². The minimum atomic E-state index is -4.32. The van der Waals surface area contributed by atoms with Crippen LogP contribution in [0.25, 0.3) is 0 Å². The Morgan fingerprint density at radius 2 is 1.76 bits per heavy atom. The third-order valence-electron chi connectivity index (χ3n) is 2.47. The molecule has 0 amide bonds. The van der Waals surface area contributed by atoms with Crippen molar-refractivity contribution in [3.63, 3.8) is 0 Å². The first-order chi connectivity index (χ1) is 9.79. The summed E-state index contributed by atoms with van der Waals surface area (Å²) in [5.74, 6) is -1.98. The fourth-order valence-electron chi connectivity index (χ4n) is 1.61. The van der Waals surface area contributed by atoms with E-state index in [2.05, 4.69) is 0 Å². The van der Waals surface area contributed by atoms with E-state index in [1.54, 1.807) is 0 Å². The van der Waals surface area contributed by atoms with Crippen molar-refractivity contribution in [2.45, 2.75) is 4.90 Å². The average Bonchev–Trinajstić information content (AvgIpc) is 2.37. The molecule has 110 valence electrons. The summed E-state index contributed by atoms with van der Waals surface area (Å²) in [6.45, 7) is 0. The van der Waals surface area contributed by atoms with Gasteiger partial charge in [0.05, 0.1) is 16.7 Å². The molecule has 2 aromatic carbocycles. The van der Waals surface area contributed by atoms with Crippen LogP contribution in [-0.4, -0.2) is 13.3 Å². The highest BCUT2D eigenvalue weighted by Crippen LogP contribution is 2.23. The first kappa shape index (κ1) is 14.9. The second-order valence-electron chi connectivity index (χ2n) is 3.99. The molecule has 0 spiro atoms. The van der Waals surface area contributed by atoms with Gasteiger partial charge in [0, 0.05) is 6.07 Å². The number of nitro groups is 1. The van der Waals surface area contributed by atoms with Crippen LogP contribution in [0.1, 0.15) is 0 Å². The van der Waals surface area contributed by atoms with Gasteiger partial charge in [-0.05, 0) is 18.2 Å². The Labute approximate surface area is 118 Å². The molecule has 1 N–H and O–H groups in total. The van der Waals surface area contributed by atoms with Crippen molar-refractivity contribution in [3.8, 4) is 0 Å². The highest BCUT2D eigenvalue weighted by molar-refractivity contribution is 7.92. The molecule has 0 heterocycles. The molecule has 9 heteroatoms. The summed E-state index contributed by atoms with van der Waals surface area (Å²) in [4.78, 5) is 9.08. The zero-order chi connectivity index (χ0) is 15.6. The Bertz CT molecular complexity index is 809. The van der Waals surface area contributed by atoms with Gasteiger partial charge in [0.2, 0.25) is 0 Å². The maximum absolute atomic E-state index is 13.5. The molecule has 21 heavy (non-hydrogen) atoms. The quantitative estimate of drug-likeness (QED) is 0.694. The van der Waals surface area contributed by atoms with Gasteiger partial charge in [-0.25, -0.2) is 17.2 Å². The maximum atomic E-state index is 13.5. The number of rotatable bonds is 4. The molecular weight excluding hydrogens is 306 g/mol. The van der Waals surface area contributed by atoms with Crippen molar-refractivity contribution in [2.24, 2.45) is 0 Å². The van der Waals surface area contributed by atoms with E-state index < -0.39 is 37.2 Å². The lowest BCUT2D eigenvalue weighted by Crippen LogP contribution is -2.14. The number of nitrogens with one attached hydrogen (secondary N) is 1. The number of non-ortho nitro benzene ring substituents is 1. The van der Waals surface area contributed by atoms with Gasteiger partial charge in [-0.2, -0.15) is 0 Å². The lowest BCUT2D eigenvalue weighted by molar-refractivity contribution is -0.385. The van der Waals surface area contributed by atoms with E-state index in [1.807, 2.05) is 4.72 Å². The third kappa shape index (κ3) is 3.31. The number of sulfonamides is 1. The normalized spacial score (nSPS) is 11.1. The zero-order valence-corrected chi connectivity index (χ0v) is 11.1. The molecule has 0 atom stereocenters. The first-order valence-corrected chi connectivity index (χ1v) is 7.00. The van der Waals surface area contributed by atoms with Gasteiger partial charge >= 0.3 is 0 Å². The molecule has 0 unspecified atom stereocenters. The van der Waals surface area contributed by atoms with Crippen LogP contribution >= 0.6 is 0 Å². The van der Waals surface area contributed by atoms with Crippen LogP contribution in [0.4, 0.5) is 20.2 Å². The minimum Gasteiger partial charge on any atom is -0.279 e. The van der Waals surface area contributed by atoms with Gasteiger partial charge in [-0.1, -0.05) is 12.1 Å². The SMILES string of the molecule is O=[N+]([O-])c1cc(F)cc(NS(=O)(=O)c2ccccc2F)c1. The van der Waals surface area contributed by atoms with Crippen molar-refractivity contribution in [2.75, 3.05) is 4.72 Å². The summed E-state index contributed by atoms with van der Waals surface area (Å²) in [5, 5.41) is 10.6. The van der Waals surface area contributed by atoms with Gasteiger partial charge in [0.25, 0.3) is 15.7 Å². The molecule has 0 aliphatic carbocycles. The van der Waals surface area contributed by atoms with Crippen LogP contribution in [0.5, 0.6) is 0 Å². The predicted molar refractivity (Wildman–Crippen MR) is 70.3 cm³/mol. The number of anilines is 1. The Kier molecular flexibility index (Phi) is 3.85. The van der Waals surface area contributed by atoms with E-state index >= 15 is 0 Å². The Hall–Kier alpha value is -2.55. The second kappa shape index (κ2) is 5.44. The van der Waals surface area contributed by atoms with Gasteiger partial charge in [0.1, 0.15) is 16.5 Å². The minimum absolute atomic E-state index is 0.370. The van der Waals surface area contributed by atoms with E-state index in [-0.39, 0.29) is 5.69 Å². The first-order valence-electron chi connectivity index (χ1n) is 5.52. The summed E-state index contributed by atoms with van der Waals surface area (Å²) in [6, 6.07) is 6.81. The molecule has 0 saturated carbocycles. The Balaban J connectivity index is 2.42. The van der Waals surface area contributed by atoms with E-state index in [0.717, 1.165) is 24.3 Å². The largest absolute Gasteiger partial charge is 0.279 e. The Morgan fingerprint density at radius 3 is 2.38 bits per heavy atom. The molecule has 0 saturated heterocycles. The van der Waals surface area contributed by atoms with Crippen LogP contribution in [0.2, 0.25) is 0 Å². The van der Waals surface area contributed by atoms with Crippen LogP contribution in [0, 0.1) is 21.7 Å². The summed E-state index contributed by atoms with van der Waals surface area (Å²) < 4.78 is 52.5. The number of halogens is 2. The second-order valence-corrected chi connectivity index (χ2v) is 5.64. The molecule has 2 rings (SSSR count). The Morgan fingerprint density at radius 1 is 1.10 bits per heavy atom. The highest BCUT2D eigenvalue weighted by Gasteiger charge is 2.20. The summed E-state index contributed by atoms with van der Waals surface area (Å²) in [5.41, 5.74) is -0.994. The van der Waals surface area contributed by atoms with E-state index in [9.17, 15) is 27.3 Å². The summed E-state index contributed by atoms with van der Waals surface area (Å²) in [6.07, 6.45) is 0. The summed E-state index contributed by atoms with van der Waals surface area (Å²) in [7, 11) is -4.32. The van der Waals surface area contributed by atoms with Gasteiger partial charge in [0.15, 0.2) is 0 Å². The van der Waals surface area contributed by atoms with Crippen molar-refractivity contribution in [1.29, 1.82) is 0 Å². The van der Waals surface area contributed by atoms with Crippen LogP contribution in [-0.2, 0) is 10.0 Å². The molecule has 2 aromatic rings. The van der Waals surface area contributed by atoms with Crippen molar-refractivity contribution < 1.29 is 22.1 Å². The zero-order valence-electron chi connectivity index (χ0n) is 10.3. The van der Waals surface area contributed by atoms with E-state index in [0.29, 0.717) is 6.07 Å². The highest BCUT2D eigenvalue weighted by atomic mass is 32.2. The third-order valence-corrected chi connectivity index (χ3v) is 3.89. The average molecular weight is 314 g/mol. The maximum Gasteiger partial charge on any atom is 0.274 e. The lowest BCUT2D eigenvalue weighted by Gasteiger charge is -2.08. The van der Waals surface area contributed by atoms with Gasteiger partial charge < -0.3 is 0 Å². The van der Waals surface area contributed by atoms with E-state index in [1.165, 1.54) is 12.1 Å². The van der Waals surface area contributed by atoms with E-state index in [4.69, 9.17) is 0 Å². The standard InChI is InChI=1S/C12H8F2N2O4S/c13-8-5-9(7-10(6-8)16(17)18)15-21(19,20)12-4-2-1-3-11(12)14/h1-7,15H. The topological polar surface area (TPSA) is 89.3 Å². The molecule has 6 nitrogen and oxygen atoms in total. The molecule has 0 aliphatic rings. The number of hydrogen-bond acceptors (Lipinski definition) is 4.